The van der Waals surface area contributed by atoms with Crippen molar-refractivity contribution in [3.05, 3.63) is 63.1 Å². The second kappa shape index (κ2) is 15.4. The maximum absolute atomic E-state index is 14.1. The van der Waals surface area contributed by atoms with Crippen molar-refractivity contribution in [2.45, 2.75) is 77.0 Å². The molecule has 254 valence electrons. The van der Waals surface area contributed by atoms with Gasteiger partial charge in [0.15, 0.2) is 6.10 Å². The van der Waals surface area contributed by atoms with E-state index in [0.29, 0.717) is 58.0 Å². The third-order valence-electron chi connectivity index (χ3n) is 10.4. The Bertz CT molecular complexity index is 1410. The molecule has 0 saturated carbocycles. The van der Waals surface area contributed by atoms with Gasteiger partial charge in [-0.05, 0) is 93.8 Å². The van der Waals surface area contributed by atoms with Crippen molar-refractivity contribution in [1.29, 1.82) is 0 Å². The van der Waals surface area contributed by atoms with Gasteiger partial charge in [-0.15, -0.1) is 0 Å². The van der Waals surface area contributed by atoms with Crippen molar-refractivity contribution in [2.75, 3.05) is 64.2 Å². The molecule has 0 bridgehead atoms. The van der Waals surface area contributed by atoms with Gasteiger partial charge in [-0.3, -0.25) is 9.69 Å². The number of anilines is 1. The number of benzene rings is 2. The molecule has 1 atom stereocenters. The number of rotatable bonds is 6. The van der Waals surface area contributed by atoms with Crippen LogP contribution >= 0.6 is 15.9 Å². The lowest BCUT2D eigenvalue weighted by Gasteiger charge is -2.40. The van der Waals surface area contributed by atoms with Crippen LogP contribution in [0, 0.1) is 13.8 Å². The first-order valence-electron chi connectivity index (χ1n) is 17.4. The van der Waals surface area contributed by atoms with Gasteiger partial charge in [0.05, 0.1) is 0 Å². The standard InChI is InChI=1S/C36H49BrN6O4/c1-25-22-27(23-26(2)33(25)37)24-32(34(44)41-16-9-29(10-17-41)40-15-5-13-38-14-21-40)47-36(46)42-18-11-30(12-19-42)43-20-8-28-6-3-4-7-31(28)39-35(43)45/h3-4,6-7,22-23,29-30,32,38H,5,8-21,24H2,1-2H3,(H,39,45)/t32-/m1/s1. The number of likely N-dealkylation sites (tertiary alicyclic amines) is 2. The number of ether oxygens (including phenoxy) is 1. The van der Waals surface area contributed by atoms with Gasteiger partial charge in [-0.2, -0.15) is 0 Å². The van der Waals surface area contributed by atoms with Crippen LogP contribution in [-0.4, -0.2) is 115 Å². The zero-order valence-corrected chi connectivity index (χ0v) is 29.4. The number of hydrogen-bond donors (Lipinski definition) is 2. The Kier molecular flexibility index (Phi) is 11.0. The van der Waals surface area contributed by atoms with Gasteiger partial charge in [0.2, 0.25) is 0 Å². The second-order valence-corrected chi connectivity index (χ2v) is 14.4. The summed E-state index contributed by atoms with van der Waals surface area (Å²) in [6, 6.07) is 12.5. The number of piperidine rings is 2. The molecule has 2 aromatic carbocycles. The van der Waals surface area contributed by atoms with Crippen LogP contribution in [0.2, 0.25) is 0 Å². The minimum atomic E-state index is -0.894. The fourth-order valence-electron chi connectivity index (χ4n) is 7.73. The minimum Gasteiger partial charge on any atom is -0.436 e. The van der Waals surface area contributed by atoms with Crippen molar-refractivity contribution < 1.29 is 19.1 Å². The molecule has 3 fully saturated rings. The third-order valence-corrected chi connectivity index (χ3v) is 11.7. The zero-order valence-electron chi connectivity index (χ0n) is 27.8. The molecule has 6 rings (SSSR count). The predicted molar refractivity (Wildman–Crippen MR) is 187 cm³/mol. The number of carbonyl (C=O) groups is 3. The van der Waals surface area contributed by atoms with E-state index in [4.69, 9.17) is 4.74 Å². The summed E-state index contributed by atoms with van der Waals surface area (Å²) >= 11 is 3.65. The van der Waals surface area contributed by atoms with Crippen molar-refractivity contribution in [3.8, 4) is 0 Å². The lowest BCUT2D eigenvalue weighted by Crippen LogP contribution is -2.52. The normalized spacial score (nSPS) is 21.0. The number of halogens is 1. The summed E-state index contributed by atoms with van der Waals surface area (Å²) in [6.07, 6.45) is 4.15. The van der Waals surface area contributed by atoms with Crippen molar-refractivity contribution >= 4 is 39.6 Å². The Balaban J connectivity index is 1.08. The highest BCUT2D eigenvalue weighted by atomic mass is 79.9. The molecule has 4 heterocycles. The number of hydrogen-bond acceptors (Lipinski definition) is 6. The lowest BCUT2D eigenvalue weighted by molar-refractivity contribution is -0.142. The van der Waals surface area contributed by atoms with E-state index in [2.05, 4.69) is 49.7 Å². The molecule has 0 aromatic heterocycles. The number of carbonyl (C=O) groups excluding carboxylic acids is 3. The molecular formula is C36H49BrN6O4. The third kappa shape index (κ3) is 8.12. The van der Waals surface area contributed by atoms with E-state index in [1.54, 1.807) is 4.90 Å². The molecule has 2 N–H and O–H groups in total. The van der Waals surface area contributed by atoms with E-state index < -0.39 is 12.2 Å². The quantitative estimate of drug-likeness (QED) is 0.441. The summed E-state index contributed by atoms with van der Waals surface area (Å²) in [5, 5.41) is 6.55. The summed E-state index contributed by atoms with van der Waals surface area (Å²) in [5.41, 5.74) is 5.17. The van der Waals surface area contributed by atoms with Gasteiger partial charge < -0.3 is 30.1 Å². The fourth-order valence-corrected chi connectivity index (χ4v) is 7.96. The first kappa shape index (κ1) is 33.7. The highest BCUT2D eigenvalue weighted by molar-refractivity contribution is 9.10. The first-order chi connectivity index (χ1) is 22.8. The Morgan fingerprint density at radius 1 is 0.894 bits per heavy atom. The average molecular weight is 710 g/mol. The topological polar surface area (TPSA) is 97.5 Å². The van der Waals surface area contributed by atoms with Crippen LogP contribution in [0.25, 0.3) is 0 Å². The van der Waals surface area contributed by atoms with Gasteiger partial charge >= 0.3 is 12.1 Å². The second-order valence-electron chi connectivity index (χ2n) is 13.6. The number of urea groups is 1. The van der Waals surface area contributed by atoms with Gasteiger partial charge in [0, 0.05) is 74.5 Å². The Hall–Kier alpha value is -3.15. The minimum absolute atomic E-state index is 0.0424. The number of nitrogens with zero attached hydrogens (tertiary/aromatic N) is 4. The monoisotopic (exact) mass is 708 g/mol. The summed E-state index contributed by atoms with van der Waals surface area (Å²) < 4.78 is 7.17. The van der Waals surface area contributed by atoms with Gasteiger partial charge in [-0.25, -0.2) is 9.59 Å². The van der Waals surface area contributed by atoms with Crippen molar-refractivity contribution in [2.24, 2.45) is 0 Å². The van der Waals surface area contributed by atoms with Crippen LogP contribution in [0.5, 0.6) is 0 Å². The number of para-hydroxylation sites is 1. The maximum Gasteiger partial charge on any atom is 0.410 e. The van der Waals surface area contributed by atoms with Crippen LogP contribution in [0.15, 0.2) is 40.9 Å². The molecule has 11 heteroatoms. The number of aryl methyl sites for hydroxylation is 2. The van der Waals surface area contributed by atoms with E-state index in [1.165, 1.54) is 0 Å². The summed E-state index contributed by atoms with van der Waals surface area (Å²) in [4.78, 5) is 48.9. The Morgan fingerprint density at radius 3 is 2.32 bits per heavy atom. The number of fused-ring (bicyclic) bond motifs is 1. The van der Waals surface area contributed by atoms with E-state index >= 15 is 0 Å². The summed E-state index contributed by atoms with van der Waals surface area (Å²) in [7, 11) is 0. The van der Waals surface area contributed by atoms with Crippen LogP contribution < -0.4 is 10.6 Å². The van der Waals surface area contributed by atoms with E-state index in [-0.39, 0.29) is 18.0 Å². The van der Waals surface area contributed by atoms with Gasteiger partial charge in [0.1, 0.15) is 0 Å². The number of nitrogens with one attached hydrogen (secondary N) is 2. The molecule has 3 saturated heterocycles. The molecule has 4 aliphatic heterocycles. The molecule has 10 nitrogen and oxygen atoms in total. The lowest BCUT2D eigenvalue weighted by atomic mass is 9.99. The number of amides is 4. The maximum atomic E-state index is 14.1. The zero-order chi connectivity index (χ0) is 32.9. The molecule has 0 aliphatic carbocycles. The predicted octanol–water partition coefficient (Wildman–Crippen LogP) is 4.95. The SMILES string of the molecule is Cc1cc(C[C@@H](OC(=O)N2CCC(N3CCc4ccccc4NC3=O)CC2)C(=O)N2CCC(N3CCCNCC3)CC2)cc(C)c1Br. The Labute approximate surface area is 287 Å². The van der Waals surface area contributed by atoms with Crippen molar-refractivity contribution in [3.63, 3.8) is 0 Å². The van der Waals surface area contributed by atoms with Crippen molar-refractivity contribution in [1.82, 2.24) is 24.9 Å². The molecule has 0 spiro atoms. The average Bonchev–Trinajstić information content (AvgIpc) is 3.46. The molecule has 2 aromatic rings. The van der Waals surface area contributed by atoms with Gasteiger partial charge in [-0.1, -0.05) is 46.3 Å². The largest absolute Gasteiger partial charge is 0.436 e. The van der Waals surface area contributed by atoms with E-state index in [9.17, 15) is 14.4 Å². The molecule has 0 unspecified atom stereocenters. The summed E-state index contributed by atoms with van der Waals surface area (Å²) in [6.45, 7) is 11.3. The highest BCUT2D eigenvalue weighted by Gasteiger charge is 2.36. The summed E-state index contributed by atoms with van der Waals surface area (Å²) in [5.74, 6) is -0.108. The molecule has 0 radical (unpaired) electrons. The molecule has 47 heavy (non-hydrogen) atoms. The highest BCUT2D eigenvalue weighted by Crippen LogP contribution is 2.27. The van der Waals surface area contributed by atoms with Gasteiger partial charge in [0.25, 0.3) is 5.91 Å². The first-order valence-corrected chi connectivity index (χ1v) is 18.2. The molecular weight excluding hydrogens is 660 g/mol. The van der Waals surface area contributed by atoms with Crippen LogP contribution in [0.1, 0.15) is 54.4 Å². The van der Waals surface area contributed by atoms with E-state index in [1.807, 2.05) is 41.8 Å². The van der Waals surface area contributed by atoms with E-state index in [0.717, 1.165) is 84.3 Å². The van der Waals surface area contributed by atoms with Crippen LogP contribution in [0.4, 0.5) is 15.3 Å². The molecule has 4 amide bonds. The fraction of sp³-hybridized carbons (Fsp3) is 0.583. The van der Waals surface area contributed by atoms with Crippen LogP contribution in [-0.2, 0) is 22.4 Å². The Morgan fingerprint density at radius 2 is 1.57 bits per heavy atom. The molecule has 4 aliphatic rings. The van der Waals surface area contributed by atoms with Crippen LogP contribution in [0.3, 0.4) is 0 Å². The smallest absolute Gasteiger partial charge is 0.410 e.